The molecule has 0 saturated heterocycles. The van der Waals surface area contributed by atoms with Crippen molar-refractivity contribution in [2.45, 2.75) is 0 Å². The molecule has 2 nitrogen and oxygen atoms in total. The third-order valence-electron chi connectivity index (χ3n) is 10.1. The van der Waals surface area contributed by atoms with E-state index in [1.807, 2.05) is 24.3 Å². The van der Waals surface area contributed by atoms with Crippen molar-refractivity contribution in [3.63, 3.8) is 0 Å². The Morgan fingerprint density at radius 1 is 0.294 bits per heavy atom. The molecule has 1 aromatic heterocycles. The molecule has 0 atom stereocenters. The second kappa shape index (κ2) is 12.0. The monoisotopic (exact) mass is 649 g/mol. The summed E-state index contributed by atoms with van der Waals surface area (Å²) < 4.78 is 6.73. The molecule has 7 aromatic carbocycles. The predicted octanol–water partition coefficient (Wildman–Crippen LogP) is 12.5. The minimum Gasteiger partial charge on any atom is -0.436 e. The first-order valence-corrected chi connectivity index (χ1v) is 17.4. The van der Waals surface area contributed by atoms with Crippen molar-refractivity contribution in [2.24, 2.45) is 0 Å². The van der Waals surface area contributed by atoms with E-state index in [4.69, 9.17) is 9.40 Å². The van der Waals surface area contributed by atoms with Gasteiger partial charge >= 0.3 is 0 Å². The zero-order valence-corrected chi connectivity index (χ0v) is 27.8. The smallest absolute Gasteiger partial charge is 0.228 e. The first-order valence-electron chi connectivity index (χ1n) is 17.4. The Kier molecular flexibility index (Phi) is 6.85. The average molecular weight is 650 g/mol. The van der Waals surface area contributed by atoms with Gasteiger partial charge in [-0.05, 0) is 85.5 Å². The summed E-state index contributed by atoms with van der Waals surface area (Å²) in [5.41, 5.74) is 19.1. The Bertz CT molecular complexity index is 2650. The van der Waals surface area contributed by atoms with Crippen LogP contribution in [0.4, 0.5) is 0 Å². The van der Waals surface area contributed by atoms with Crippen LogP contribution in [0.25, 0.3) is 61.2 Å². The van der Waals surface area contributed by atoms with Crippen LogP contribution in [-0.4, -0.2) is 4.98 Å². The Labute approximate surface area is 297 Å². The lowest BCUT2D eigenvalue weighted by atomic mass is 9.85. The molecule has 10 rings (SSSR count). The van der Waals surface area contributed by atoms with Crippen molar-refractivity contribution < 1.29 is 4.42 Å². The maximum Gasteiger partial charge on any atom is 0.228 e. The van der Waals surface area contributed by atoms with E-state index in [1.165, 1.54) is 55.7 Å². The van der Waals surface area contributed by atoms with Crippen LogP contribution < -0.4 is 0 Å². The van der Waals surface area contributed by atoms with Crippen molar-refractivity contribution in [3.8, 4) is 22.3 Å². The normalized spacial score (nSPS) is 13.6. The lowest BCUT2D eigenvalue weighted by Crippen LogP contribution is -1.97. The number of nitrogens with zero attached hydrogens (tertiary/aromatic N) is 1. The number of benzene rings is 7. The van der Waals surface area contributed by atoms with Gasteiger partial charge in [0.05, 0.1) is 5.57 Å². The molecule has 238 valence electrons. The van der Waals surface area contributed by atoms with Crippen LogP contribution in [0.3, 0.4) is 0 Å². The quantitative estimate of drug-likeness (QED) is 0.179. The van der Waals surface area contributed by atoms with Gasteiger partial charge in [-0.25, -0.2) is 4.98 Å². The van der Waals surface area contributed by atoms with E-state index in [1.54, 1.807) is 0 Å². The fraction of sp³-hybridized carbons (Fsp3) is 0. The lowest BCUT2D eigenvalue weighted by Gasteiger charge is -2.18. The number of oxazole rings is 1. The van der Waals surface area contributed by atoms with Gasteiger partial charge in [0.25, 0.3) is 0 Å². The van der Waals surface area contributed by atoms with Crippen LogP contribution in [-0.2, 0) is 0 Å². The Hall–Kier alpha value is -6.77. The number of allylic oxidation sites excluding steroid dienone is 5. The van der Waals surface area contributed by atoms with Crippen molar-refractivity contribution in [1.29, 1.82) is 0 Å². The molecule has 0 amide bonds. The van der Waals surface area contributed by atoms with E-state index in [9.17, 15) is 0 Å². The fourth-order valence-corrected chi connectivity index (χ4v) is 7.89. The van der Waals surface area contributed by atoms with Crippen molar-refractivity contribution in [3.05, 3.63) is 227 Å². The van der Waals surface area contributed by atoms with E-state index in [0.29, 0.717) is 5.89 Å². The molecule has 2 aliphatic rings. The van der Waals surface area contributed by atoms with E-state index in [2.05, 4.69) is 164 Å². The zero-order valence-electron chi connectivity index (χ0n) is 27.8. The fourth-order valence-electron chi connectivity index (χ4n) is 7.89. The number of aromatic nitrogens is 1. The molecule has 0 radical (unpaired) electrons. The molecule has 2 heteroatoms. The highest BCUT2D eigenvalue weighted by atomic mass is 16.3. The molecule has 0 fully saturated rings. The SMILES string of the molecule is c1ccc(C2=C(c3ccccc3)C(c3nc4ccccc4o3)=C3C2=C(c2ccccc2)c2cc(-c4ccccc4)c(-c4ccccc4)cc23)cc1. The van der Waals surface area contributed by atoms with Gasteiger partial charge in [0.1, 0.15) is 5.52 Å². The molecule has 0 aliphatic heterocycles. The summed E-state index contributed by atoms with van der Waals surface area (Å²) in [7, 11) is 0. The highest BCUT2D eigenvalue weighted by Gasteiger charge is 2.42. The number of hydrogen-bond donors (Lipinski definition) is 0. The zero-order chi connectivity index (χ0) is 33.7. The highest BCUT2D eigenvalue weighted by Crippen LogP contribution is 2.62. The summed E-state index contributed by atoms with van der Waals surface area (Å²) in [5.74, 6) is 0.627. The molecule has 51 heavy (non-hydrogen) atoms. The number of hydrogen-bond acceptors (Lipinski definition) is 2. The van der Waals surface area contributed by atoms with Gasteiger partial charge in [0.2, 0.25) is 5.89 Å². The first kappa shape index (κ1) is 29.2. The van der Waals surface area contributed by atoms with Crippen LogP contribution in [0.5, 0.6) is 0 Å². The second-order valence-electron chi connectivity index (χ2n) is 13.0. The molecule has 2 aliphatic carbocycles. The predicted molar refractivity (Wildman–Crippen MR) is 210 cm³/mol. The summed E-state index contributed by atoms with van der Waals surface area (Å²) in [6.45, 7) is 0. The summed E-state index contributed by atoms with van der Waals surface area (Å²) in [6.07, 6.45) is 0. The molecule has 0 saturated carbocycles. The minimum absolute atomic E-state index is 0.627. The van der Waals surface area contributed by atoms with Crippen LogP contribution in [0, 0.1) is 0 Å². The molecular formula is C49H31NO. The maximum absolute atomic E-state index is 6.73. The van der Waals surface area contributed by atoms with Crippen molar-refractivity contribution in [1.82, 2.24) is 4.98 Å². The van der Waals surface area contributed by atoms with Crippen LogP contribution in [0.2, 0.25) is 0 Å². The molecular weight excluding hydrogens is 619 g/mol. The topological polar surface area (TPSA) is 26.0 Å². The van der Waals surface area contributed by atoms with Gasteiger partial charge < -0.3 is 4.42 Å². The molecule has 1 heterocycles. The molecule has 0 N–H and O–H groups in total. The van der Waals surface area contributed by atoms with Crippen molar-refractivity contribution >= 4 is 39.0 Å². The van der Waals surface area contributed by atoms with Crippen LogP contribution >= 0.6 is 0 Å². The third-order valence-corrected chi connectivity index (χ3v) is 10.1. The minimum atomic E-state index is 0.627. The standard InChI is InChI=1S/C49H31NO/c1-6-18-32(19-7-1)37-30-39-40(31-38(37)33-20-8-2-9-21-33)46-47(43(39)34-22-10-3-11-23-34)44(35-24-12-4-13-25-35)45(36-26-14-5-15-27-36)48(46)49-50-41-28-16-17-29-42(41)51-49/h1-31H. The van der Waals surface area contributed by atoms with Gasteiger partial charge in [0, 0.05) is 16.7 Å². The average Bonchev–Trinajstić information content (AvgIpc) is 3.89. The molecule has 0 spiro atoms. The molecule has 8 aromatic rings. The Morgan fingerprint density at radius 2 is 0.686 bits per heavy atom. The number of fused-ring (bicyclic) bond motifs is 4. The van der Waals surface area contributed by atoms with Crippen LogP contribution in [0.15, 0.2) is 198 Å². The van der Waals surface area contributed by atoms with E-state index in [-0.39, 0.29) is 0 Å². The summed E-state index contributed by atoms with van der Waals surface area (Å²) in [5, 5.41) is 0. The van der Waals surface area contributed by atoms with Gasteiger partial charge in [-0.2, -0.15) is 0 Å². The van der Waals surface area contributed by atoms with Gasteiger partial charge in [-0.1, -0.05) is 164 Å². The Morgan fingerprint density at radius 3 is 1.18 bits per heavy atom. The first-order chi connectivity index (χ1) is 25.3. The summed E-state index contributed by atoms with van der Waals surface area (Å²) >= 11 is 0. The summed E-state index contributed by atoms with van der Waals surface area (Å²) in [6, 6.07) is 66.8. The second-order valence-corrected chi connectivity index (χ2v) is 13.0. The molecule has 0 unspecified atom stereocenters. The number of para-hydroxylation sites is 2. The maximum atomic E-state index is 6.73. The highest BCUT2D eigenvalue weighted by molar-refractivity contribution is 6.39. The van der Waals surface area contributed by atoms with Gasteiger partial charge in [0.15, 0.2) is 5.58 Å². The Balaban J connectivity index is 1.40. The lowest BCUT2D eigenvalue weighted by molar-refractivity contribution is 0.586. The van der Waals surface area contributed by atoms with E-state index < -0.39 is 0 Å². The third kappa shape index (κ3) is 4.76. The van der Waals surface area contributed by atoms with Gasteiger partial charge in [-0.3, -0.25) is 0 Å². The van der Waals surface area contributed by atoms with Crippen molar-refractivity contribution in [2.75, 3.05) is 0 Å². The summed E-state index contributed by atoms with van der Waals surface area (Å²) in [4.78, 5) is 5.19. The number of rotatable bonds is 6. The van der Waals surface area contributed by atoms with Gasteiger partial charge in [-0.15, -0.1) is 0 Å². The van der Waals surface area contributed by atoms with E-state index >= 15 is 0 Å². The largest absolute Gasteiger partial charge is 0.436 e. The van der Waals surface area contributed by atoms with Crippen LogP contribution in [0.1, 0.15) is 33.7 Å². The van der Waals surface area contributed by atoms with E-state index in [0.717, 1.165) is 38.9 Å². The molecule has 0 bridgehead atoms.